The summed E-state index contributed by atoms with van der Waals surface area (Å²) in [6.07, 6.45) is 0. The maximum atomic E-state index is 6.54. The lowest BCUT2D eigenvalue weighted by Crippen LogP contribution is -2.06. The van der Waals surface area contributed by atoms with Crippen molar-refractivity contribution in [2.75, 3.05) is 0 Å². The largest absolute Gasteiger partial charge is 0.456 e. The molecule has 0 bridgehead atoms. The molecule has 0 radical (unpaired) electrons. The van der Waals surface area contributed by atoms with Crippen LogP contribution >= 0.6 is 0 Å². The van der Waals surface area contributed by atoms with Gasteiger partial charge in [-0.3, -0.25) is 4.57 Å². The van der Waals surface area contributed by atoms with Crippen LogP contribution in [0, 0.1) is 0 Å². The summed E-state index contributed by atoms with van der Waals surface area (Å²) in [7, 11) is 0. The van der Waals surface area contributed by atoms with Gasteiger partial charge < -0.3 is 4.42 Å². The Labute approximate surface area is 252 Å². The second-order valence-corrected chi connectivity index (χ2v) is 10.9. The summed E-state index contributed by atoms with van der Waals surface area (Å²) in [5.74, 6) is 1.79. The van der Waals surface area contributed by atoms with Gasteiger partial charge in [0.1, 0.15) is 11.2 Å². The quantitative estimate of drug-likeness (QED) is 0.213. The van der Waals surface area contributed by atoms with E-state index in [9.17, 15) is 0 Å². The molecule has 44 heavy (non-hydrogen) atoms. The average Bonchev–Trinajstić information content (AvgIpc) is 3.36. The van der Waals surface area contributed by atoms with Gasteiger partial charge in [0.2, 0.25) is 5.95 Å². The molecule has 6 aromatic carbocycles. The van der Waals surface area contributed by atoms with E-state index in [1.54, 1.807) is 0 Å². The summed E-state index contributed by atoms with van der Waals surface area (Å²) in [5.41, 5.74) is 7.83. The summed E-state index contributed by atoms with van der Waals surface area (Å²) in [6, 6.07) is 49.7. The van der Waals surface area contributed by atoms with Gasteiger partial charge in [-0.2, -0.15) is 9.97 Å². The van der Waals surface area contributed by atoms with Crippen molar-refractivity contribution in [1.82, 2.24) is 19.5 Å². The molecule has 0 aliphatic carbocycles. The van der Waals surface area contributed by atoms with E-state index in [0.717, 1.165) is 60.4 Å². The summed E-state index contributed by atoms with van der Waals surface area (Å²) in [4.78, 5) is 15.2. The van der Waals surface area contributed by atoms with Gasteiger partial charge in [0.05, 0.1) is 16.4 Å². The molecule has 0 amide bonds. The highest BCUT2D eigenvalue weighted by atomic mass is 16.3. The predicted molar refractivity (Wildman–Crippen MR) is 178 cm³/mol. The number of nitrogens with zero attached hydrogens (tertiary/aromatic N) is 4. The Bertz CT molecular complexity index is 2480. The monoisotopic (exact) mass is 564 g/mol. The highest BCUT2D eigenvalue weighted by Gasteiger charge is 2.21. The molecule has 0 atom stereocenters. The molecule has 0 unspecified atom stereocenters. The maximum absolute atomic E-state index is 6.54. The zero-order valence-corrected chi connectivity index (χ0v) is 23.6. The molecule has 9 rings (SSSR count). The van der Waals surface area contributed by atoms with E-state index in [-0.39, 0.29) is 0 Å². The van der Waals surface area contributed by atoms with Crippen LogP contribution in [0.2, 0.25) is 0 Å². The minimum absolute atomic E-state index is 0.559. The van der Waals surface area contributed by atoms with Crippen molar-refractivity contribution in [3.05, 3.63) is 146 Å². The molecule has 0 aliphatic rings. The Morgan fingerprint density at radius 1 is 0.386 bits per heavy atom. The second-order valence-electron chi connectivity index (χ2n) is 10.9. The van der Waals surface area contributed by atoms with Crippen LogP contribution in [0.1, 0.15) is 0 Å². The number of benzene rings is 6. The van der Waals surface area contributed by atoms with Crippen LogP contribution in [0.5, 0.6) is 0 Å². The van der Waals surface area contributed by atoms with Gasteiger partial charge in [0.15, 0.2) is 11.6 Å². The van der Waals surface area contributed by atoms with Crippen LogP contribution in [0.3, 0.4) is 0 Å². The number of rotatable bonds is 4. The molecule has 0 aliphatic heterocycles. The molecule has 0 saturated carbocycles. The fourth-order valence-corrected chi connectivity index (χ4v) is 6.25. The molecular formula is C39H24N4O. The Balaban J connectivity index is 1.33. The van der Waals surface area contributed by atoms with E-state index in [4.69, 9.17) is 19.4 Å². The highest BCUT2D eigenvalue weighted by molar-refractivity contribution is 6.26. The van der Waals surface area contributed by atoms with Crippen molar-refractivity contribution in [2.45, 2.75) is 0 Å². The van der Waals surface area contributed by atoms with Crippen LogP contribution in [0.15, 0.2) is 150 Å². The number of hydrogen-bond acceptors (Lipinski definition) is 4. The van der Waals surface area contributed by atoms with Gasteiger partial charge in [0, 0.05) is 21.9 Å². The molecular weight excluding hydrogens is 540 g/mol. The zero-order valence-electron chi connectivity index (χ0n) is 23.6. The first-order chi connectivity index (χ1) is 21.8. The first-order valence-electron chi connectivity index (χ1n) is 14.6. The highest BCUT2D eigenvalue weighted by Crippen LogP contribution is 2.40. The van der Waals surface area contributed by atoms with Gasteiger partial charge in [-0.15, -0.1) is 0 Å². The van der Waals surface area contributed by atoms with Gasteiger partial charge >= 0.3 is 0 Å². The number of fused-ring (bicyclic) bond motifs is 2. The van der Waals surface area contributed by atoms with E-state index in [1.807, 2.05) is 60.7 Å². The van der Waals surface area contributed by atoms with Crippen molar-refractivity contribution in [3.8, 4) is 39.9 Å². The van der Waals surface area contributed by atoms with Crippen LogP contribution in [-0.4, -0.2) is 19.5 Å². The van der Waals surface area contributed by atoms with E-state index in [1.165, 1.54) is 5.56 Å². The third-order valence-corrected chi connectivity index (χ3v) is 8.28. The van der Waals surface area contributed by atoms with Crippen LogP contribution in [0.25, 0.3) is 83.6 Å². The molecule has 0 N–H and O–H groups in total. The summed E-state index contributed by atoms with van der Waals surface area (Å²) >= 11 is 0. The molecule has 206 valence electrons. The topological polar surface area (TPSA) is 56.7 Å². The van der Waals surface area contributed by atoms with Crippen molar-refractivity contribution >= 4 is 43.7 Å². The lowest BCUT2D eigenvalue weighted by atomic mass is 10.0. The van der Waals surface area contributed by atoms with E-state index >= 15 is 0 Å². The Morgan fingerprint density at radius 3 is 1.66 bits per heavy atom. The fraction of sp³-hybridized carbons (Fsp3) is 0. The molecule has 3 aromatic heterocycles. The first-order valence-corrected chi connectivity index (χ1v) is 14.6. The standard InChI is InChI=1S/C39H24N4O/c1-3-11-25(12-4-1)26-21-23-28(24-22-26)38-40-37(27-13-5-2-6-14-27)41-39(42-38)43-31-17-9-16-30-29-15-7-8-19-33(29)44-34-20-10-18-32(43)36(34)35(30)31/h1-24H. The average molecular weight is 565 g/mol. The van der Waals surface area contributed by atoms with E-state index in [2.05, 4.69) is 89.5 Å². The minimum atomic E-state index is 0.559. The van der Waals surface area contributed by atoms with Gasteiger partial charge in [-0.25, -0.2) is 4.98 Å². The van der Waals surface area contributed by atoms with Crippen molar-refractivity contribution in [2.24, 2.45) is 0 Å². The molecule has 9 aromatic rings. The summed E-state index contributed by atoms with van der Waals surface area (Å²) in [6.45, 7) is 0. The van der Waals surface area contributed by atoms with Crippen LogP contribution in [0.4, 0.5) is 0 Å². The van der Waals surface area contributed by atoms with Gasteiger partial charge in [-0.05, 0) is 40.8 Å². The van der Waals surface area contributed by atoms with Crippen molar-refractivity contribution in [1.29, 1.82) is 0 Å². The van der Waals surface area contributed by atoms with Crippen LogP contribution in [-0.2, 0) is 0 Å². The van der Waals surface area contributed by atoms with E-state index in [0.29, 0.717) is 17.6 Å². The smallest absolute Gasteiger partial charge is 0.238 e. The van der Waals surface area contributed by atoms with Crippen LogP contribution < -0.4 is 0 Å². The van der Waals surface area contributed by atoms with E-state index < -0.39 is 0 Å². The summed E-state index contributed by atoms with van der Waals surface area (Å²) in [5, 5.41) is 4.36. The number of hydrogen-bond donors (Lipinski definition) is 0. The van der Waals surface area contributed by atoms with Gasteiger partial charge in [-0.1, -0.05) is 121 Å². The molecule has 5 nitrogen and oxygen atoms in total. The number of para-hydroxylation sites is 1. The minimum Gasteiger partial charge on any atom is -0.456 e. The SMILES string of the molecule is c1ccc(-c2ccc(-c3nc(-c4ccccc4)nc(-n4c5cccc6oc7ccccc7c7cccc4c7c65)n3)cc2)cc1. The first kappa shape index (κ1) is 24.5. The fourth-order valence-electron chi connectivity index (χ4n) is 6.25. The van der Waals surface area contributed by atoms with Gasteiger partial charge in [0.25, 0.3) is 0 Å². The Hall–Kier alpha value is -6.07. The van der Waals surface area contributed by atoms with Crippen molar-refractivity contribution < 1.29 is 4.42 Å². The molecule has 3 heterocycles. The molecule has 0 saturated heterocycles. The zero-order chi connectivity index (χ0) is 29.0. The Morgan fingerprint density at radius 2 is 0.909 bits per heavy atom. The number of aromatic nitrogens is 4. The predicted octanol–water partition coefficient (Wildman–Crippen LogP) is 9.87. The second kappa shape index (κ2) is 9.75. The normalized spacial score (nSPS) is 11.6. The Kier molecular flexibility index (Phi) is 5.43. The third kappa shape index (κ3) is 3.83. The lowest BCUT2D eigenvalue weighted by molar-refractivity contribution is 0.664. The molecule has 0 spiro atoms. The lowest BCUT2D eigenvalue weighted by Gasteiger charge is -2.11. The van der Waals surface area contributed by atoms with Crippen molar-refractivity contribution in [3.63, 3.8) is 0 Å². The summed E-state index contributed by atoms with van der Waals surface area (Å²) < 4.78 is 8.68. The molecule has 5 heteroatoms. The molecule has 0 fully saturated rings. The maximum Gasteiger partial charge on any atom is 0.238 e. The third-order valence-electron chi connectivity index (χ3n) is 8.28.